The summed E-state index contributed by atoms with van der Waals surface area (Å²) in [5, 5.41) is 9.89. The van der Waals surface area contributed by atoms with E-state index in [2.05, 4.69) is 6.92 Å². The van der Waals surface area contributed by atoms with Gasteiger partial charge in [-0.25, -0.2) is 0 Å². The summed E-state index contributed by atoms with van der Waals surface area (Å²) < 4.78 is 5.29. The molecule has 1 aromatic carbocycles. The first-order valence-corrected chi connectivity index (χ1v) is 5.43. The first kappa shape index (κ1) is 12.1. The summed E-state index contributed by atoms with van der Waals surface area (Å²) in [7, 11) is 1.68. The van der Waals surface area contributed by atoms with Crippen molar-refractivity contribution >= 4 is 0 Å². The molecule has 0 amide bonds. The quantitative estimate of drug-likeness (QED) is 0.823. The highest BCUT2D eigenvalue weighted by Gasteiger charge is 2.10. The van der Waals surface area contributed by atoms with Crippen LogP contribution in [0.5, 0.6) is 5.75 Å². The zero-order valence-electron chi connectivity index (χ0n) is 10.0. The summed E-state index contributed by atoms with van der Waals surface area (Å²) in [5.41, 5.74) is 3.16. The third-order valence-corrected chi connectivity index (χ3v) is 2.63. The van der Waals surface area contributed by atoms with Crippen molar-refractivity contribution < 1.29 is 9.84 Å². The second-order valence-corrected chi connectivity index (χ2v) is 3.99. The number of benzene rings is 1. The summed E-state index contributed by atoms with van der Waals surface area (Å²) in [4.78, 5) is 0. The van der Waals surface area contributed by atoms with E-state index in [1.54, 1.807) is 7.11 Å². The number of ether oxygens (including phenoxy) is 1. The molecule has 1 aromatic rings. The summed E-state index contributed by atoms with van der Waals surface area (Å²) in [6.45, 7) is 6.09. The van der Waals surface area contributed by atoms with Crippen molar-refractivity contribution in [3.05, 3.63) is 28.8 Å². The first-order chi connectivity index (χ1) is 7.10. The molecule has 15 heavy (non-hydrogen) atoms. The fourth-order valence-electron chi connectivity index (χ4n) is 1.94. The Bertz CT molecular complexity index is 308. The van der Waals surface area contributed by atoms with Crippen LogP contribution in [0.15, 0.2) is 12.1 Å². The Kier molecular flexibility index (Phi) is 4.15. The normalized spacial score (nSPS) is 12.6. The number of aliphatic hydroxyl groups excluding tert-OH is 1. The molecule has 0 unspecified atom stereocenters. The fourth-order valence-corrected chi connectivity index (χ4v) is 1.94. The number of aryl methyl sites for hydroxylation is 2. The molecular weight excluding hydrogens is 188 g/mol. The number of hydrogen-bond acceptors (Lipinski definition) is 2. The van der Waals surface area contributed by atoms with E-state index in [9.17, 15) is 5.11 Å². The summed E-state index contributed by atoms with van der Waals surface area (Å²) in [6, 6.07) is 4.01. The highest BCUT2D eigenvalue weighted by Crippen LogP contribution is 2.28. The van der Waals surface area contributed by atoms with Gasteiger partial charge in [-0.1, -0.05) is 13.3 Å². The van der Waals surface area contributed by atoms with Gasteiger partial charge in [0.25, 0.3) is 0 Å². The average Bonchev–Trinajstić information content (AvgIpc) is 2.17. The maximum Gasteiger partial charge on any atom is 0.124 e. The highest BCUT2D eigenvalue weighted by molar-refractivity contribution is 5.43. The van der Waals surface area contributed by atoms with Crippen LogP contribution in [0.3, 0.4) is 0 Å². The Morgan fingerprint density at radius 3 is 2.20 bits per heavy atom. The zero-order chi connectivity index (χ0) is 11.4. The summed E-state index contributed by atoms with van der Waals surface area (Å²) in [5.74, 6) is 0.919. The topological polar surface area (TPSA) is 29.5 Å². The van der Waals surface area contributed by atoms with Crippen molar-refractivity contribution in [2.45, 2.75) is 39.7 Å². The van der Waals surface area contributed by atoms with Gasteiger partial charge >= 0.3 is 0 Å². The molecule has 0 heterocycles. The molecule has 0 aliphatic rings. The predicted octanol–water partition coefficient (Wildman–Crippen LogP) is 3.15. The average molecular weight is 208 g/mol. The van der Waals surface area contributed by atoms with E-state index < -0.39 is 0 Å². The Balaban J connectivity index is 3.02. The van der Waals surface area contributed by atoms with Gasteiger partial charge in [0.05, 0.1) is 13.2 Å². The Labute approximate surface area is 91.9 Å². The number of rotatable bonds is 4. The molecule has 0 aliphatic carbocycles. The molecule has 0 aliphatic heterocycles. The van der Waals surface area contributed by atoms with Crippen molar-refractivity contribution in [3.8, 4) is 5.75 Å². The van der Waals surface area contributed by atoms with E-state index in [1.807, 2.05) is 26.0 Å². The van der Waals surface area contributed by atoms with Gasteiger partial charge in [0.1, 0.15) is 5.75 Å². The van der Waals surface area contributed by atoms with E-state index in [4.69, 9.17) is 4.74 Å². The van der Waals surface area contributed by atoms with E-state index >= 15 is 0 Å². The molecule has 0 saturated heterocycles. The molecule has 0 fully saturated rings. The molecule has 1 N–H and O–H groups in total. The van der Waals surface area contributed by atoms with Crippen LogP contribution in [0.2, 0.25) is 0 Å². The van der Waals surface area contributed by atoms with Gasteiger partial charge in [-0.3, -0.25) is 0 Å². The lowest BCUT2D eigenvalue weighted by atomic mass is 9.99. The monoisotopic (exact) mass is 208 g/mol. The van der Waals surface area contributed by atoms with Crippen LogP contribution in [0.1, 0.15) is 42.6 Å². The van der Waals surface area contributed by atoms with E-state index in [-0.39, 0.29) is 6.10 Å². The van der Waals surface area contributed by atoms with Gasteiger partial charge in [0, 0.05) is 0 Å². The van der Waals surface area contributed by atoms with Crippen LogP contribution < -0.4 is 4.74 Å². The second-order valence-electron chi connectivity index (χ2n) is 3.99. The minimum atomic E-state index is -0.349. The maximum atomic E-state index is 9.89. The number of methoxy groups -OCH3 is 1. The van der Waals surface area contributed by atoms with Crippen molar-refractivity contribution in [2.24, 2.45) is 0 Å². The lowest BCUT2D eigenvalue weighted by Crippen LogP contribution is -2.00. The standard InChI is InChI=1S/C13H20O2/c1-5-6-12(14)11-7-9(2)13(15-4)10(3)8-11/h7-8,12,14H,5-6H2,1-4H3/t12-/m0/s1. The van der Waals surface area contributed by atoms with Gasteiger partial charge in [0.2, 0.25) is 0 Å². The number of hydrogen-bond donors (Lipinski definition) is 1. The molecule has 1 atom stereocenters. The first-order valence-electron chi connectivity index (χ1n) is 5.43. The lowest BCUT2D eigenvalue weighted by molar-refractivity contribution is 0.166. The zero-order valence-corrected chi connectivity index (χ0v) is 10.0. The van der Waals surface area contributed by atoms with Crippen LogP contribution in [0.25, 0.3) is 0 Å². The van der Waals surface area contributed by atoms with Crippen LogP contribution in [-0.4, -0.2) is 12.2 Å². The van der Waals surface area contributed by atoms with Crippen LogP contribution in [-0.2, 0) is 0 Å². The van der Waals surface area contributed by atoms with Gasteiger partial charge in [-0.05, 0) is 49.1 Å². The minimum Gasteiger partial charge on any atom is -0.496 e. The van der Waals surface area contributed by atoms with Gasteiger partial charge in [-0.2, -0.15) is 0 Å². The van der Waals surface area contributed by atoms with Gasteiger partial charge in [-0.15, -0.1) is 0 Å². The molecule has 0 aromatic heterocycles. The Morgan fingerprint density at radius 1 is 1.27 bits per heavy atom. The molecule has 2 heteroatoms. The maximum absolute atomic E-state index is 9.89. The second kappa shape index (κ2) is 5.17. The summed E-state index contributed by atoms with van der Waals surface area (Å²) in [6.07, 6.45) is 1.45. The van der Waals surface area contributed by atoms with Gasteiger partial charge in [0.15, 0.2) is 0 Å². The lowest BCUT2D eigenvalue weighted by Gasteiger charge is -2.15. The molecule has 2 nitrogen and oxygen atoms in total. The third kappa shape index (κ3) is 2.72. The molecule has 0 bridgehead atoms. The molecule has 0 radical (unpaired) electrons. The Hall–Kier alpha value is -1.02. The van der Waals surface area contributed by atoms with Crippen LogP contribution in [0.4, 0.5) is 0 Å². The predicted molar refractivity (Wildman–Crippen MR) is 62.3 cm³/mol. The third-order valence-electron chi connectivity index (χ3n) is 2.63. The molecule has 0 saturated carbocycles. The smallest absolute Gasteiger partial charge is 0.124 e. The highest BCUT2D eigenvalue weighted by atomic mass is 16.5. The van der Waals surface area contributed by atoms with Crippen LogP contribution in [0, 0.1) is 13.8 Å². The van der Waals surface area contributed by atoms with E-state index in [1.165, 1.54) is 0 Å². The summed E-state index contributed by atoms with van der Waals surface area (Å²) >= 11 is 0. The minimum absolute atomic E-state index is 0.349. The van der Waals surface area contributed by atoms with Crippen molar-refractivity contribution in [1.82, 2.24) is 0 Å². The molecular formula is C13H20O2. The fraction of sp³-hybridized carbons (Fsp3) is 0.538. The Morgan fingerprint density at radius 2 is 1.80 bits per heavy atom. The van der Waals surface area contributed by atoms with Crippen molar-refractivity contribution in [3.63, 3.8) is 0 Å². The van der Waals surface area contributed by atoms with E-state index in [0.717, 1.165) is 35.3 Å². The van der Waals surface area contributed by atoms with Gasteiger partial charge < -0.3 is 9.84 Å². The molecule has 0 spiro atoms. The number of aliphatic hydroxyl groups is 1. The molecule has 1 rings (SSSR count). The van der Waals surface area contributed by atoms with Crippen molar-refractivity contribution in [1.29, 1.82) is 0 Å². The largest absolute Gasteiger partial charge is 0.496 e. The van der Waals surface area contributed by atoms with Crippen LogP contribution >= 0.6 is 0 Å². The SMILES string of the molecule is CCC[C@H](O)c1cc(C)c(OC)c(C)c1. The van der Waals surface area contributed by atoms with E-state index in [0.29, 0.717) is 0 Å². The molecule has 84 valence electrons. The van der Waals surface area contributed by atoms with Crippen molar-refractivity contribution in [2.75, 3.05) is 7.11 Å².